The van der Waals surface area contributed by atoms with Crippen LogP contribution in [0.3, 0.4) is 0 Å². The van der Waals surface area contributed by atoms with Gasteiger partial charge in [0.15, 0.2) is 5.75 Å². The number of halogens is 2. The molecule has 5 nitrogen and oxygen atoms in total. The first-order valence-electron chi connectivity index (χ1n) is 8.80. The molecule has 3 rings (SSSR count). The molecule has 0 N–H and O–H groups in total. The molecular formula is C22H18Cl2N2O3. The lowest BCUT2D eigenvalue weighted by molar-refractivity contribution is -0.384. The van der Waals surface area contributed by atoms with E-state index in [1.807, 2.05) is 32.0 Å². The van der Waals surface area contributed by atoms with Gasteiger partial charge in [0.05, 0.1) is 20.7 Å². The van der Waals surface area contributed by atoms with Crippen molar-refractivity contribution in [2.45, 2.75) is 20.5 Å². The Morgan fingerprint density at radius 3 is 2.31 bits per heavy atom. The maximum absolute atomic E-state index is 10.7. The summed E-state index contributed by atoms with van der Waals surface area (Å²) >= 11 is 12.7. The molecule has 148 valence electrons. The van der Waals surface area contributed by atoms with Crippen molar-refractivity contribution in [2.75, 3.05) is 0 Å². The van der Waals surface area contributed by atoms with Crippen LogP contribution in [-0.4, -0.2) is 11.1 Å². The normalized spacial score (nSPS) is 11.0. The number of aryl methyl sites for hydroxylation is 2. The van der Waals surface area contributed by atoms with Crippen LogP contribution in [-0.2, 0) is 6.61 Å². The molecule has 0 heterocycles. The lowest BCUT2D eigenvalue weighted by Crippen LogP contribution is -1.98. The molecule has 0 unspecified atom stereocenters. The zero-order chi connectivity index (χ0) is 21.0. The van der Waals surface area contributed by atoms with Crippen LogP contribution in [0.4, 0.5) is 11.4 Å². The molecule has 29 heavy (non-hydrogen) atoms. The molecule has 3 aromatic rings. The number of rotatable bonds is 6. The van der Waals surface area contributed by atoms with Gasteiger partial charge in [0.1, 0.15) is 6.61 Å². The van der Waals surface area contributed by atoms with Crippen molar-refractivity contribution in [3.8, 4) is 5.75 Å². The van der Waals surface area contributed by atoms with Gasteiger partial charge in [0.25, 0.3) is 5.69 Å². The molecule has 0 aliphatic carbocycles. The second-order valence-electron chi connectivity index (χ2n) is 6.57. The van der Waals surface area contributed by atoms with Crippen LogP contribution < -0.4 is 4.74 Å². The number of hydrogen-bond donors (Lipinski definition) is 0. The SMILES string of the molecule is Cc1ccc(C)c(N=Cc2cc(Cl)c(OCc3ccc([N+](=O)[O-])cc3)c(Cl)c2)c1. The number of ether oxygens (including phenoxy) is 1. The third-order valence-electron chi connectivity index (χ3n) is 4.27. The average Bonchev–Trinajstić information content (AvgIpc) is 2.68. The number of nitrogens with zero attached hydrogens (tertiary/aromatic N) is 2. The number of benzene rings is 3. The Balaban J connectivity index is 1.74. The van der Waals surface area contributed by atoms with Gasteiger partial charge in [0.2, 0.25) is 0 Å². The van der Waals surface area contributed by atoms with Crippen molar-refractivity contribution in [3.05, 3.63) is 97.0 Å². The molecule has 0 saturated carbocycles. The summed E-state index contributed by atoms with van der Waals surface area (Å²) < 4.78 is 5.73. The van der Waals surface area contributed by atoms with Crippen molar-refractivity contribution in [1.29, 1.82) is 0 Å². The molecule has 7 heteroatoms. The number of hydrogen-bond acceptors (Lipinski definition) is 4. The number of non-ortho nitro benzene ring substituents is 1. The van der Waals surface area contributed by atoms with Gasteiger partial charge in [-0.15, -0.1) is 0 Å². The Kier molecular flexibility index (Phi) is 6.52. The Hall–Kier alpha value is -2.89. The van der Waals surface area contributed by atoms with Gasteiger partial charge in [-0.1, -0.05) is 35.3 Å². The summed E-state index contributed by atoms with van der Waals surface area (Å²) in [4.78, 5) is 14.8. The second-order valence-corrected chi connectivity index (χ2v) is 7.39. The topological polar surface area (TPSA) is 64.7 Å². The first-order valence-corrected chi connectivity index (χ1v) is 9.55. The standard InChI is InChI=1S/C22H18Cl2N2O3/c1-14-3-4-15(2)21(9-14)25-12-17-10-19(23)22(20(24)11-17)29-13-16-5-7-18(8-6-16)26(27)28/h3-12H,13H2,1-2H3. The van der Waals surface area contributed by atoms with Gasteiger partial charge < -0.3 is 4.74 Å². The monoisotopic (exact) mass is 428 g/mol. The molecule has 0 amide bonds. The minimum absolute atomic E-state index is 0.0253. The van der Waals surface area contributed by atoms with Crippen LogP contribution in [0.5, 0.6) is 5.75 Å². The van der Waals surface area contributed by atoms with Gasteiger partial charge in [-0.3, -0.25) is 15.1 Å². The largest absolute Gasteiger partial charge is 0.486 e. The van der Waals surface area contributed by atoms with E-state index in [1.165, 1.54) is 12.1 Å². The Bertz CT molecular complexity index is 1060. The highest BCUT2D eigenvalue weighted by Gasteiger charge is 2.11. The summed E-state index contributed by atoms with van der Waals surface area (Å²) in [5.74, 6) is 0.357. The fourth-order valence-corrected chi connectivity index (χ4v) is 3.28. The quantitative estimate of drug-likeness (QED) is 0.245. The Morgan fingerprint density at radius 2 is 1.69 bits per heavy atom. The molecule has 0 spiro atoms. The predicted octanol–water partition coefficient (Wildman–Crippen LogP) is 6.85. The average molecular weight is 429 g/mol. The highest BCUT2D eigenvalue weighted by Crippen LogP contribution is 2.34. The zero-order valence-electron chi connectivity index (χ0n) is 15.9. The predicted molar refractivity (Wildman–Crippen MR) is 117 cm³/mol. The van der Waals surface area contributed by atoms with Crippen LogP contribution in [0.1, 0.15) is 22.3 Å². The molecule has 0 atom stereocenters. The van der Waals surface area contributed by atoms with E-state index in [0.717, 1.165) is 27.9 Å². The lowest BCUT2D eigenvalue weighted by atomic mass is 10.1. The van der Waals surface area contributed by atoms with Crippen LogP contribution in [0.15, 0.2) is 59.6 Å². The summed E-state index contributed by atoms with van der Waals surface area (Å²) in [6.45, 7) is 4.21. The van der Waals surface area contributed by atoms with Gasteiger partial charge in [-0.2, -0.15) is 0 Å². The highest BCUT2D eigenvalue weighted by molar-refractivity contribution is 6.37. The van der Waals surface area contributed by atoms with Crippen molar-refractivity contribution in [1.82, 2.24) is 0 Å². The van der Waals surface area contributed by atoms with E-state index in [0.29, 0.717) is 15.8 Å². The number of nitro benzene ring substituents is 1. The maximum Gasteiger partial charge on any atom is 0.269 e. The van der Waals surface area contributed by atoms with Crippen LogP contribution >= 0.6 is 23.2 Å². The Morgan fingerprint density at radius 1 is 1.03 bits per heavy atom. The summed E-state index contributed by atoms with van der Waals surface area (Å²) in [5, 5.41) is 11.4. The highest BCUT2D eigenvalue weighted by atomic mass is 35.5. The smallest absolute Gasteiger partial charge is 0.269 e. The molecule has 0 saturated heterocycles. The minimum Gasteiger partial charge on any atom is -0.486 e. The van der Waals surface area contributed by atoms with E-state index in [9.17, 15) is 10.1 Å². The number of aliphatic imine (C=N–C) groups is 1. The van der Waals surface area contributed by atoms with E-state index in [1.54, 1.807) is 30.5 Å². The molecular weight excluding hydrogens is 411 g/mol. The third kappa shape index (κ3) is 5.34. The molecule has 0 bridgehead atoms. The summed E-state index contributed by atoms with van der Waals surface area (Å²) in [6, 6.07) is 15.6. The van der Waals surface area contributed by atoms with E-state index < -0.39 is 4.92 Å². The third-order valence-corrected chi connectivity index (χ3v) is 4.83. The van der Waals surface area contributed by atoms with Crippen molar-refractivity contribution in [2.24, 2.45) is 4.99 Å². The van der Waals surface area contributed by atoms with Gasteiger partial charge in [-0.05, 0) is 66.4 Å². The molecule has 0 aliphatic heterocycles. The van der Waals surface area contributed by atoms with E-state index in [4.69, 9.17) is 27.9 Å². The van der Waals surface area contributed by atoms with Gasteiger partial charge in [-0.25, -0.2) is 0 Å². The van der Waals surface area contributed by atoms with E-state index in [-0.39, 0.29) is 12.3 Å². The van der Waals surface area contributed by atoms with Crippen LogP contribution in [0, 0.1) is 24.0 Å². The fourth-order valence-electron chi connectivity index (χ4n) is 2.66. The molecule has 0 aromatic heterocycles. The zero-order valence-corrected chi connectivity index (χ0v) is 17.4. The van der Waals surface area contributed by atoms with Crippen molar-refractivity contribution >= 4 is 40.8 Å². The summed E-state index contributed by atoms with van der Waals surface area (Å²) in [7, 11) is 0. The van der Waals surface area contributed by atoms with Crippen LogP contribution in [0.2, 0.25) is 10.0 Å². The van der Waals surface area contributed by atoms with Gasteiger partial charge >= 0.3 is 0 Å². The molecule has 0 aliphatic rings. The first kappa shape index (κ1) is 20.8. The van der Waals surface area contributed by atoms with Crippen LogP contribution in [0.25, 0.3) is 0 Å². The maximum atomic E-state index is 10.7. The first-order chi connectivity index (χ1) is 13.8. The minimum atomic E-state index is -0.448. The Labute approximate surface area is 178 Å². The summed E-state index contributed by atoms with van der Waals surface area (Å²) in [5.41, 5.74) is 4.64. The van der Waals surface area contributed by atoms with E-state index >= 15 is 0 Å². The second kappa shape index (κ2) is 9.07. The fraction of sp³-hybridized carbons (Fsp3) is 0.136. The summed E-state index contributed by atoms with van der Waals surface area (Å²) in [6.07, 6.45) is 1.71. The number of nitro groups is 1. The van der Waals surface area contributed by atoms with Gasteiger partial charge in [0, 0.05) is 18.3 Å². The lowest BCUT2D eigenvalue weighted by Gasteiger charge is -2.11. The molecule has 0 radical (unpaired) electrons. The van der Waals surface area contributed by atoms with Crippen molar-refractivity contribution in [3.63, 3.8) is 0 Å². The van der Waals surface area contributed by atoms with E-state index in [2.05, 4.69) is 4.99 Å². The molecule has 0 fully saturated rings. The van der Waals surface area contributed by atoms with Crippen molar-refractivity contribution < 1.29 is 9.66 Å². The molecule has 3 aromatic carbocycles.